The molecule has 0 unspecified atom stereocenters. The highest BCUT2D eigenvalue weighted by molar-refractivity contribution is 7.08. The van der Waals surface area contributed by atoms with Crippen molar-refractivity contribution in [1.29, 1.82) is 0 Å². The molecule has 0 spiro atoms. The molecule has 160 valence electrons. The summed E-state index contributed by atoms with van der Waals surface area (Å²) in [6.45, 7) is 3.92. The second-order valence-electron chi connectivity index (χ2n) is 9.20. The molecule has 1 aromatic carbocycles. The predicted octanol–water partition coefficient (Wildman–Crippen LogP) is 4.76. The van der Waals surface area contributed by atoms with Crippen LogP contribution in [0.3, 0.4) is 0 Å². The van der Waals surface area contributed by atoms with Crippen molar-refractivity contribution in [3.63, 3.8) is 0 Å². The van der Waals surface area contributed by atoms with E-state index in [2.05, 4.69) is 38.8 Å². The van der Waals surface area contributed by atoms with E-state index in [0.29, 0.717) is 23.8 Å². The first kappa shape index (κ1) is 20.1. The Morgan fingerprint density at radius 2 is 1.97 bits per heavy atom. The van der Waals surface area contributed by atoms with Crippen LogP contribution in [0, 0.1) is 11.8 Å². The van der Waals surface area contributed by atoms with Gasteiger partial charge in [0, 0.05) is 55.5 Å². The standard InChI is InChI=1S/C25H32N2O2S/c1-29-24-9-5-4-8-19(24)14-26-12-10-23-22(15-26)21(20-11-13-30-17-20)16-27(23)25(28)18-6-2-3-7-18/h4-5,8-9,11,13,17-18,21-23H,2-3,6-7,10,12,14-16H2,1H3/t21-,22-,23-/m0/s1. The third-order valence-corrected chi connectivity index (χ3v) is 8.26. The molecule has 3 atom stereocenters. The lowest BCUT2D eigenvalue weighted by atomic mass is 9.82. The number of fused-ring (bicyclic) bond motifs is 1. The molecule has 5 rings (SSSR count). The summed E-state index contributed by atoms with van der Waals surface area (Å²) < 4.78 is 5.58. The Morgan fingerprint density at radius 1 is 1.13 bits per heavy atom. The lowest BCUT2D eigenvalue weighted by molar-refractivity contribution is -0.137. The summed E-state index contributed by atoms with van der Waals surface area (Å²) in [6, 6.07) is 11.0. The number of nitrogens with zero attached hydrogens (tertiary/aromatic N) is 2. The number of methoxy groups -OCH3 is 1. The average Bonchev–Trinajstić information content (AvgIpc) is 3.54. The van der Waals surface area contributed by atoms with Crippen molar-refractivity contribution in [2.45, 2.75) is 50.6 Å². The maximum Gasteiger partial charge on any atom is 0.225 e. The Bertz CT molecular complexity index is 862. The van der Waals surface area contributed by atoms with E-state index in [1.54, 1.807) is 18.4 Å². The van der Waals surface area contributed by atoms with Crippen molar-refractivity contribution in [3.05, 3.63) is 52.2 Å². The van der Waals surface area contributed by atoms with E-state index < -0.39 is 0 Å². The van der Waals surface area contributed by atoms with Crippen LogP contribution in [0.2, 0.25) is 0 Å². The van der Waals surface area contributed by atoms with Gasteiger partial charge in [-0.25, -0.2) is 0 Å². The number of hydrogen-bond donors (Lipinski definition) is 0. The molecule has 3 aliphatic rings. The van der Waals surface area contributed by atoms with Crippen LogP contribution >= 0.6 is 11.3 Å². The van der Waals surface area contributed by atoms with Crippen molar-refractivity contribution < 1.29 is 9.53 Å². The summed E-state index contributed by atoms with van der Waals surface area (Å²) in [4.78, 5) is 18.2. The topological polar surface area (TPSA) is 32.8 Å². The van der Waals surface area contributed by atoms with Crippen LogP contribution in [-0.4, -0.2) is 48.5 Å². The zero-order chi connectivity index (χ0) is 20.5. The van der Waals surface area contributed by atoms with Crippen molar-refractivity contribution in [1.82, 2.24) is 9.80 Å². The Labute approximate surface area is 183 Å². The molecule has 3 fully saturated rings. The Balaban J connectivity index is 1.36. The quantitative estimate of drug-likeness (QED) is 0.694. The summed E-state index contributed by atoms with van der Waals surface area (Å²) in [5, 5.41) is 4.48. The van der Waals surface area contributed by atoms with Crippen molar-refractivity contribution in [3.8, 4) is 5.75 Å². The Hall–Kier alpha value is -1.85. The number of carbonyl (C=O) groups is 1. The van der Waals surface area contributed by atoms with E-state index in [9.17, 15) is 4.79 Å². The number of para-hydroxylation sites is 1. The number of benzene rings is 1. The van der Waals surface area contributed by atoms with Crippen LogP contribution in [-0.2, 0) is 11.3 Å². The second-order valence-corrected chi connectivity index (χ2v) is 9.98. The molecule has 30 heavy (non-hydrogen) atoms. The van der Waals surface area contributed by atoms with Crippen LogP contribution < -0.4 is 4.74 Å². The zero-order valence-corrected chi connectivity index (χ0v) is 18.7. The molecule has 4 nitrogen and oxygen atoms in total. The minimum atomic E-state index is 0.276. The van der Waals surface area contributed by atoms with Crippen LogP contribution in [0.25, 0.3) is 0 Å². The number of thiophene rings is 1. The lowest BCUT2D eigenvalue weighted by Gasteiger charge is -2.39. The van der Waals surface area contributed by atoms with E-state index in [1.807, 2.05) is 12.1 Å². The molecule has 1 amide bonds. The van der Waals surface area contributed by atoms with Crippen molar-refractivity contribution >= 4 is 17.2 Å². The minimum Gasteiger partial charge on any atom is -0.496 e. The maximum atomic E-state index is 13.4. The van der Waals surface area contributed by atoms with Crippen molar-refractivity contribution in [2.75, 3.05) is 26.7 Å². The fourth-order valence-corrected chi connectivity index (χ4v) is 6.75. The number of piperidine rings is 1. The second kappa shape index (κ2) is 8.72. The number of ether oxygens (including phenoxy) is 1. The van der Waals surface area contributed by atoms with E-state index in [1.165, 1.54) is 24.0 Å². The van der Waals surface area contributed by atoms with Gasteiger partial charge in [-0.1, -0.05) is 31.0 Å². The summed E-state index contributed by atoms with van der Waals surface area (Å²) in [7, 11) is 1.75. The van der Waals surface area contributed by atoms with Gasteiger partial charge in [0.25, 0.3) is 0 Å². The fourth-order valence-electron chi connectivity index (χ4n) is 6.02. The first-order valence-corrected chi connectivity index (χ1v) is 12.4. The van der Waals surface area contributed by atoms with Gasteiger partial charge in [-0.2, -0.15) is 11.3 Å². The van der Waals surface area contributed by atoms with Crippen LogP contribution in [0.1, 0.15) is 49.1 Å². The summed E-state index contributed by atoms with van der Waals surface area (Å²) >= 11 is 1.78. The summed E-state index contributed by atoms with van der Waals surface area (Å²) in [5.41, 5.74) is 2.68. The molecule has 0 N–H and O–H groups in total. The van der Waals surface area contributed by atoms with Gasteiger partial charge < -0.3 is 9.64 Å². The number of likely N-dealkylation sites (tertiary alicyclic amines) is 2. The first-order chi connectivity index (χ1) is 14.7. The van der Waals surface area contributed by atoms with E-state index >= 15 is 0 Å². The number of carbonyl (C=O) groups excluding carboxylic acids is 1. The van der Waals surface area contributed by atoms with E-state index in [4.69, 9.17) is 4.74 Å². The largest absolute Gasteiger partial charge is 0.496 e. The molecular formula is C25H32N2O2S. The van der Waals surface area contributed by atoms with Gasteiger partial charge >= 0.3 is 0 Å². The molecule has 0 bridgehead atoms. The van der Waals surface area contributed by atoms with Gasteiger partial charge in [-0.3, -0.25) is 9.69 Å². The molecule has 1 aromatic heterocycles. The molecule has 5 heteroatoms. The van der Waals surface area contributed by atoms with Gasteiger partial charge in [0.1, 0.15) is 5.75 Å². The van der Waals surface area contributed by atoms with Gasteiger partial charge in [-0.05, 0) is 47.7 Å². The lowest BCUT2D eigenvalue weighted by Crippen LogP contribution is -2.48. The highest BCUT2D eigenvalue weighted by Gasteiger charge is 2.48. The number of amides is 1. The van der Waals surface area contributed by atoms with Gasteiger partial charge in [0.2, 0.25) is 5.91 Å². The highest BCUT2D eigenvalue weighted by Crippen LogP contribution is 2.44. The molecular weight excluding hydrogens is 392 g/mol. The van der Waals surface area contributed by atoms with Crippen molar-refractivity contribution in [2.24, 2.45) is 11.8 Å². The Morgan fingerprint density at radius 3 is 2.73 bits per heavy atom. The van der Waals surface area contributed by atoms with Crippen LogP contribution in [0.4, 0.5) is 0 Å². The zero-order valence-electron chi connectivity index (χ0n) is 17.8. The SMILES string of the molecule is COc1ccccc1CN1CC[C@H]2[C@@H](C1)[C@H](c1ccsc1)CN2C(=O)C1CCCC1. The molecule has 2 saturated heterocycles. The maximum absolute atomic E-state index is 13.4. The van der Waals surface area contributed by atoms with Crippen LogP contribution in [0.15, 0.2) is 41.1 Å². The molecule has 2 aromatic rings. The van der Waals surface area contributed by atoms with Crippen LogP contribution in [0.5, 0.6) is 5.75 Å². The average molecular weight is 425 g/mol. The molecule has 1 aliphatic carbocycles. The monoisotopic (exact) mass is 424 g/mol. The molecule has 0 radical (unpaired) electrons. The third kappa shape index (κ3) is 3.78. The number of rotatable bonds is 5. The van der Waals surface area contributed by atoms with E-state index in [-0.39, 0.29) is 5.92 Å². The van der Waals surface area contributed by atoms with Gasteiger partial charge in [0.05, 0.1) is 7.11 Å². The highest BCUT2D eigenvalue weighted by atomic mass is 32.1. The van der Waals surface area contributed by atoms with E-state index in [0.717, 1.165) is 51.2 Å². The first-order valence-electron chi connectivity index (χ1n) is 11.4. The summed E-state index contributed by atoms with van der Waals surface area (Å²) in [5.74, 6) is 2.68. The van der Waals surface area contributed by atoms with Gasteiger partial charge in [0.15, 0.2) is 0 Å². The molecule has 2 aliphatic heterocycles. The normalized spacial score (nSPS) is 27.4. The number of hydrogen-bond acceptors (Lipinski definition) is 4. The smallest absolute Gasteiger partial charge is 0.225 e. The Kier molecular flexibility index (Phi) is 5.83. The molecule has 1 saturated carbocycles. The summed E-state index contributed by atoms with van der Waals surface area (Å²) in [6.07, 6.45) is 5.71. The van der Waals surface area contributed by atoms with Gasteiger partial charge in [-0.15, -0.1) is 0 Å². The fraction of sp³-hybridized carbons (Fsp3) is 0.560. The third-order valence-electron chi connectivity index (χ3n) is 7.56. The predicted molar refractivity (Wildman–Crippen MR) is 121 cm³/mol. The minimum absolute atomic E-state index is 0.276. The molecule has 3 heterocycles.